The lowest BCUT2D eigenvalue weighted by Crippen LogP contribution is -2.25. The molecule has 2 aromatic rings. The number of anilines is 1. The molecule has 8 heteroatoms. The van der Waals surface area contributed by atoms with Gasteiger partial charge >= 0.3 is 0 Å². The van der Waals surface area contributed by atoms with E-state index in [2.05, 4.69) is 15.4 Å². The van der Waals surface area contributed by atoms with Crippen LogP contribution in [0.1, 0.15) is 28.8 Å². The molecule has 2 aromatic carbocycles. The molecule has 0 unspecified atom stereocenters. The number of amides is 2. The van der Waals surface area contributed by atoms with Crippen LogP contribution in [-0.4, -0.2) is 33.3 Å². The van der Waals surface area contributed by atoms with Crippen LogP contribution in [0.3, 0.4) is 0 Å². The van der Waals surface area contributed by atoms with Gasteiger partial charge in [-0.1, -0.05) is 12.1 Å². The Morgan fingerprint density at radius 3 is 2.21 bits per heavy atom. The summed E-state index contributed by atoms with van der Waals surface area (Å²) in [6, 6.07) is 13.1. The highest BCUT2D eigenvalue weighted by molar-refractivity contribution is 7.89. The third-order valence-electron chi connectivity index (χ3n) is 4.21. The normalized spacial score (nSPS) is 14.0. The van der Waals surface area contributed by atoms with Gasteiger partial charge in [0.2, 0.25) is 15.9 Å². The van der Waals surface area contributed by atoms with E-state index in [-0.39, 0.29) is 16.7 Å². The van der Waals surface area contributed by atoms with Crippen molar-refractivity contribution < 1.29 is 18.0 Å². The maximum atomic E-state index is 12.0. The molecule has 2 amide bonds. The summed E-state index contributed by atoms with van der Waals surface area (Å²) in [4.78, 5) is 24.1. The molecule has 0 spiro atoms. The molecule has 3 rings (SSSR count). The van der Waals surface area contributed by atoms with E-state index >= 15 is 0 Å². The Morgan fingerprint density at radius 2 is 1.64 bits per heavy atom. The maximum absolute atomic E-state index is 12.0. The van der Waals surface area contributed by atoms with Gasteiger partial charge in [0, 0.05) is 23.4 Å². The highest BCUT2D eigenvalue weighted by Gasteiger charge is 2.23. The van der Waals surface area contributed by atoms with Gasteiger partial charge in [-0.3, -0.25) is 9.59 Å². The summed E-state index contributed by atoms with van der Waals surface area (Å²) < 4.78 is 25.6. The van der Waals surface area contributed by atoms with Crippen molar-refractivity contribution in [3.05, 3.63) is 65.7 Å². The van der Waals surface area contributed by atoms with Crippen LogP contribution < -0.4 is 15.4 Å². The average Bonchev–Trinajstić information content (AvgIpc) is 3.51. The van der Waals surface area contributed by atoms with Gasteiger partial charge in [-0.2, -0.15) is 0 Å². The molecule has 0 heterocycles. The zero-order chi connectivity index (χ0) is 20.1. The fraction of sp³-hybridized carbons (Fsp3) is 0.200. The average molecular weight is 399 g/mol. The van der Waals surface area contributed by atoms with E-state index in [1.54, 1.807) is 42.5 Å². The van der Waals surface area contributed by atoms with Crippen LogP contribution in [0, 0.1) is 0 Å². The number of hydrogen-bond acceptors (Lipinski definition) is 4. The minimum absolute atomic E-state index is 0.107. The smallest absolute Gasteiger partial charge is 0.251 e. The first kappa shape index (κ1) is 19.8. The quantitative estimate of drug-likeness (QED) is 0.621. The highest BCUT2D eigenvalue weighted by Crippen LogP contribution is 2.19. The standard InChI is InChI=1S/C20H21N3O4S/c1-21-28(26,27)18-11-2-14(3-12-18)4-13-19(24)22-16-7-5-15(6-8-16)20(25)23-17-9-10-17/h2-8,11-13,17,21H,9-10H2,1H3,(H,22,24)(H,23,25)/b13-4+. The van der Waals surface area contributed by atoms with Crippen molar-refractivity contribution in [2.45, 2.75) is 23.8 Å². The van der Waals surface area contributed by atoms with E-state index in [4.69, 9.17) is 0 Å². The van der Waals surface area contributed by atoms with Crippen LogP contribution in [0.5, 0.6) is 0 Å². The molecule has 0 atom stereocenters. The lowest BCUT2D eigenvalue weighted by atomic mass is 10.2. The van der Waals surface area contributed by atoms with Crippen molar-refractivity contribution in [2.24, 2.45) is 0 Å². The Morgan fingerprint density at radius 1 is 1.00 bits per heavy atom. The second kappa shape index (κ2) is 8.37. The molecule has 28 heavy (non-hydrogen) atoms. The van der Waals surface area contributed by atoms with Gasteiger partial charge in [0.1, 0.15) is 0 Å². The number of nitrogens with one attached hydrogen (secondary N) is 3. The molecule has 1 fully saturated rings. The summed E-state index contributed by atoms with van der Waals surface area (Å²) in [5.41, 5.74) is 1.82. The number of hydrogen-bond donors (Lipinski definition) is 3. The Kier molecular flexibility index (Phi) is 5.91. The SMILES string of the molecule is CNS(=O)(=O)c1ccc(/C=C/C(=O)Nc2ccc(C(=O)NC3CC3)cc2)cc1. The first-order chi connectivity index (χ1) is 13.4. The number of carbonyl (C=O) groups excluding carboxylic acids is 2. The van der Waals surface area contributed by atoms with Crippen molar-refractivity contribution in [3.8, 4) is 0 Å². The van der Waals surface area contributed by atoms with Gasteiger partial charge in [0.05, 0.1) is 4.90 Å². The van der Waals surface area contributed by atoms with E-state index in [0.29, 0.717) is 22.9 Å². The number of rotatable bonds is 7. The number of sulfonamides is 1. The van der Waals surface area contributed by atoms with Crippen molar-refractivity contribution in [1.29, 1.82) is 0 Å². The van der Waals surface area contributed by atoms with Crippen LogP contribution in [0.4, 0.5) is 5.69 Å². The molecule has 3 N–H and O–H groups in total. The van der Waals surface area contributed by atoms with Crippen LogP contribution in [-0.2, 0) is 14.8 Å². The summed E-state index contributed by atoms with van der Waals surface area (Å²) in [5.74, 6) is -0.439. The Hall–Kier alpha value is -2.97. The summed E-state index contributed by atoms with van der Waals surface area (Å²) in [6.07, 6.45) is 5.00. The summed E-state index contributed by atoms with van der Waals surface area (Å²) in [5, 5.41) is 5.62. The second-order valence-corrected chi connectivity index (χ2v) is 8.31. The van der Waals surface area contributed by atoms with Gasteiger partial charge in [0.15, 0.2) is 0 Å². The Bertz CT molecular complexity index is 993. The van der Waals surface area contributed by atoms with Crippen LogP contribution in [0.2, 0.25) is 0 Å². The van der Waals surface area contributed by atoms with Gasteiger partial charge in [-0.05, 0) is 67.9 Å². The summed E-state index contributed by atoms with van der Waals surface area (Å²) >= 11 is 0. The van der Waals surface area contributed by atoms with Crippen LogP contribution in [0.25, 0.3) is 6.08 Å². The lowest BCUT2D eigenvalue weighted by molar-refractivity contribution is -0.111. The van der Waals surface area contributed by atoms with E-state index in [1.165, 1.54) is 25.3 Å². The predicted octanol–water partition coefficient (Wildman–Crippen LogP) is 2.14. The van der Waals surface area contributed by atoms with Crippen LogP contribution >= 0.6 is 0 Å². The fourth-order valence-corrected chi connectivity index (χ4v) is 3.16. The number of carbonyl (C=O) groups is 2. The Balaban J connectivity index is 1.56. The fourth-order valence-electron chi connectivity index (χ4n) is 2.43. The zero-order valence-corrected chi connectivity index (χ0v) is 16.1. The van der Waals surface area contributed by atoms with Gasteiger partial charge in [-0.15, -0.1) is 0 Å². The molecule has 0 radical (unpaired) electrons. The van der Waals surface area contributed by atoms with E-state index in [9.17, 15) is 18.0 Å². The minimum Gasteiger partial charge on any atom is -0.349 e. The van der Waals surface area contributed by atoms with Crippen molar-refractivity contribution in [2.75, 3.05) is 12.4 Å². The molecule has 7 nitrogen and oxygen atoms in total. The molecule has 0 aliphatic heterocycles. The minimum atomic E-state index is -3.48. The molecule has 0 aromatic heterocycles. The second-order valence-electron chi connectivity index (χ2n) is 6.42. The molecule has 1 aliphatic carbocycles. The van der Waals surface area contributed by atoms with E-state index in [0.717, 1.165) is 12.8 Å². The highest BCUT2D eigenvalue weighted by atomic mass is 32.2. The van der Waals surface area contributed by atoms with Crippen molar-refractivity contribution in [1.82, 2.24) is 10.0 Å². The van der Waals surface area contributed by atoms with E-state index in [1.807, 2.05) is 0 Å². The van der Waals surface area contributed by atoms with Crippen molar-refractivity contribution in [3.63, 3.8) is 0 Å². The van der Waals surface area contributed by atoms with Gasteiger partial charge in [0.25, 0.3) is 5.91 Å². The molecule has 0 saturated heterocycles. The third-order valence-corrected chi connectivity index (χ3v) is 5.64. The van der Waals surface area contributed by atoms with Crippen molar-refractivity contribution >= 4 is 33.6 Å². The largest absolute Gasteiger partial charge is 0.349 e. The molecule has 0 bridgehead atoms. The molecule has 1 aliphatic rings. The number of benzene rings is 2. The zero-order valence-electron chi connectivity index (χ0n) is 15.3. The molecular formula is C20H21N3O4S. The van der Waals surface area contributed by atoms with E-state index < -0.39 is 10.0 Å². The molecular weight excluding hydrogens is 378 g/mol. The predicted molar refractivity (Wildman–Crippen MR) is 107 cm³/mol. The summed E-state index contributed by atoms with van der Waals surface area (Å²) in [6.45, 7) is 0. The molecule has 146 valence electrons. The topological polar surface area (TPSA) is 104 Å². The lowest BCUT2D eigenvalue weighted by Gasteiger charge is -2.05. The monoisotopic (exact) mass is 399 g/mol. The molecule has 1 saturated carbocycles. The third kappa shape index (κ3) is 5.28. The first-order valence-electron chi connectivity index (χ1n) is 8.81. The Labute approximate surface area is 163 Å². The first-order valence-corrected chi connectivity index (χ1v) is 10.3. The van der Waals surface area contributed by atoms with Gasteiger partial charge < -0.3 is 10.6 Å². The summed E-state index contributed by atoms with van der Waals surface area (Å²) in [7, 11) is -2.14. The van der Waals surface area contributed by atoms with Crippen LogP contribution in [0.15, 0.2) is 59.5 Å². The maximum Gasteiger partial charge on any atom is 0.251 e. The van der Waals surface area contributed by atoms with Gasteiger partial charge in [-0.25, -0.2) is 13.1 Å².